The zero-order valence-corrected chi connectivity index (χ0v) is 11.8. The summed E-state index contributed by atoms with van der Waals surface area (Å²) in [6.07, 6.45) is 15.4. The van der Waals surface area contributed by atoms with Gasteiger partial charge in [-0.05, 0) is 38.0 Å². The van der Waals surface area contributed by atoms with Crippen molar-refractivity contribution in [3.05, 3.63) is 72.9 Å². The lowest BCUT2D eigenvalue weighted by Crippen LogP contribution is -1.93. The predicted molar refractivity (Wildman–Crippen MR) is 83.5 cm³/mol. The predicted octanol–water partition coefficient (Wildman–Crippen LogP) is 4.60. The van der Waals surface area contributed by atoms with E-state index in [-0.39, 0.29) is 0 Å². The summed E-state index contributed by atoms with van der Waals surface area (Å²) in [5.41, 5.74) is 3.86. The largest absolute Gasteiger partial charge is 0.236 e. The van der Waals surface area contributed by atoms with Gasteiger partial charge in [0.05, 0.1) is 11.4 Å². The van der Waals surface area contributed by atoms with E-state index < -0.39 is 0 Å². The van der Waals surface area contributed by atoms with Crippen LogP contribution in [0.2, 0.25) is 0 Å². The summed E-state index contributed by atoms with van der Waals surface area (Å²) in [5.74, 6) is 0. The van der Waals surface area contributed by atoms with Crippen LogP contribution < -0.4 is 0 Å². The summed E-state index contributed by atoms with van der Waals surface area (Å²) >= 11 is 0. The average molecular weight is 252 g/mol. The number of hydrogen-bond donors (Lipinski definition) is 0. The monoisotopic (exact) mass is 252 g/mol. The lowest BCUT2D eigenvalue weighted by Gasteiger charge is -2.05. The Hall–Kier alpha value is -2.22. The molecule has 0 unspecified atom stereocenters. The highest BCUT2D eigenvalue weighted by Crippen LogP contribution is 2.18. The molecule has 0 fully saturated rings. The van der Waals surface area contributed by atoms with E-state index in [2.05, 4.69) is 16.5 Å². The average Bonchev–Trinajstić information content (AvgIpc) is 2.46. The minimum absolute atomic E-state index is 0.877. The molecule has 0 spiro atoms. The fraction of sp³-hybridized carbons (Fsp3) is 0.176. The second-order valence-corrected chi connectivity index (χ2v) is 3.88. The van der Waals surface area contributed by atoms with Crippen molar-refractivity contribution in [3.63, 3.8) is 0 Å². The van der Waals surface area contributed by atoms with Crippen LogP contribution in [0, 0.1) is 0 Å². The van der Waals surface area contributed by atoms with Crippen LogP contribution in [0.4, 0.5) is 0 Å². The van der Waals surface area contributed by atoms with Crippen LogP contribution in [0.3, 0.4) is 0 Å². The molecule has 1 heterocycles. The zero-order chi connectivity index (χ0) is 14.1. The Kier molecular flexibility index (Phi) is 6.23. The Morgan fingerprint density at radius 1 is 1.05 bits per heavy atom. The summed E-state index contributed by atoms with van der Waals surface area (Å²) in [6.45, 7) is 9.80. The maximum absolute atomic E-state index is 4.32. The third-order valence-electron chi connectivity index (χ3n) is 2.60. The fourth-order valence-electron chi connectivity index (χ4n) is 1.64. The maximum Gasteiger partial charge on any atom is 0.116 e. The summed E-state index contributed by atoms with van der Waals surface area (Å²) < 4.78 is 0. The first-order valence-electron chi connectivity index (χ1n) is 6.34. The SMILES string of the molecule is C=C/C(=C\C=C/C)c1cc(C(/C=C\C)=C/C)ncn1. The third-order valence-corrected chi connectivity index (χ3v) is 2.60. The molecule has 19 heavy (non-hydrogen) atoms. The summed E-state index contributed by atoms with van der Waals surface area (Å²) in [7, 11) is 0. The smallest absolute Gasteiger partial charge is 0.116 e. The molecule has 0 amide bonds. The molecule has 0 aliphatic carbocycles. The van der Waals surface area contributed by atoms with Gasteiger partial charge in [0.15, 0.2) is 0 Å². The van der Waals surface area contributed by atoms with Gasteiger partial charge >= 0.3 is 0 Å². The third kappa shape index (κ3) is 4.18. The molecule has 0 atom stereocenters. The summed E-state index contributed by atoms with van der Waals surface area (Å²) in [6, 6.07) is 1.98. The highest BCUT2D eigenvalue weighted by Gasteiger charge is 2.03. The second kappa shape index (κ2) is 7.98. The maximum atomic E-state index is 4.32. The molecule has 0 aliphatic rings. The van der Waals surface area contributed by atoms with Crippen molar-refractivity contribution in [1.29, 1.82) is 0 Å². The Balaban J connectivity index is 3.23. The van der Waals surface area contributed by atoms with Gasteiger partial charge in [-0.25, -0.2) is 9.97 Å². The fourth-order valence-corrected chi connectivity index (χ4v) is 1.64. The number of hydrogen-bond acceptors (Lipinski definition) is 2. The van der Waals surface area contributed by atoms with E-state index in [9.17, 15) is 0 Å². The van der Waals surface area contributed by atoms with Gasteiger partial charge in [0.25, 0.3) is 0 Å². The summed E-state index contributed by atoms with van der Waals surface area (Å²) in [4.78, 5) is 8.62. The van der Waals surface area contributed by atoms with Crippen LogP contribution in [0.25, 0.3) is 11.1 Å². The van der Waals surface area contributed by atoms with E-state index in [1.165, 1.54) is 0 Å². The van der Waals surface area contributed by atoms with Crippen molar-refractivity contribution in [3.8, 4) is 0 Å². The molecule has 0 aromatic carbocycles. The van der Waals surface area contributed by atoms with Crippen LogP contribution in [-0.2, 0) is 0 Å². The van der Waals surface area contributed by atoms with E-state index in [4.69, 9.17) is 0 Å². The van der Waals surface area contributed by atoms with Crippen molar-refractivity contribution in [2.75, 3.05) is 0 Å². The molecule has 2 nitrogen and oxygen atoms in total. The second-order valence-electron chi connectivity index (χ2n) is 3.88. The van der Waals surface area contributed by atoms with Gasteiger partial charge in [-0.1, -0.05) is 49.1 Å². The molecular weight excluding hydrogens is 232 g/mol. The van der Waals surface area contributed by atoms with Gasteiger partial charge in [-0.15, -0.1) is 0 Å². The van der Waals surface area contributed by atoms with Crippen LogP contribution in [-0.4, -0.2) is 9.97 Å². The van der Waals surface area contributed by atoms with Crippen molar-refractivity contribution in [2.45, 2.75) is 20.8 Å². The normalized spacial score (nSPS) is 13.4. The molecule has 0 N–H and O–H groups in total. The van der Waals surface area contributed by atoms with Gasteiger partial charge in [0, 0.05) is 0 Å². The van der Waals surface area contributed by atoms with Crippen LogP contribution in [0.1, 0.15) is 32.2 Å². The molecule has 2 heteroatoms. The Labute approximate surface area is 115 Å². The van der Waals surface area contributed by atoms with E-state index in [0.29, 0.717) is 0 Å². The molecular formula is C17H20N2. The number of aromatic nitrogens is 2. The van der Waals surface area contributed by atoms with Crippen molar-refractivity contribution < 1.29 is 0 Å². The molecule has 1 rings (SSSR count). The number of rotatable bonds is 5. The van der Waals surface area contributed by atoms with E-state index in [0.717, 1.165) is 22.5 Å². The quantitative estimate of drug-likeness (QED) is 0.716. The molecule has 0 radical (unpaired) electrons. The minimum Gasteiger partial charge on any atom is -0.236 e. The van der Waals surface area contributed by atoms with E-state index in [1.54, 1.807) is 12.4 Å². The van der Waals surface area contributed by atoms with Crippen LogP contribution >= 0.6 is 0 Å². The molecule has 0 bridgehead atoms. The molecule has 98 valence electrons. The van der Waals surface area contributed by atoms with Crippen molar-refractivity contribution in [1.82, 2.24) is 9.97 Å². The lowest BCUT2D eigenvalue weighted by molar-refractivity contribution is 1.12. The van der Waals surface area contributed by atoms with E-state index >= 15 is 0 Å². The first-order valence-corrected chi connectivity index (χ1v) is 6.34. The number of nitrogens with zero attached hydrogens (tertiary/aromatic N) is 2. The first-order chi connectivity index (χ1) is 9.26. The molecule has 1 aromatic rings. The lowest BCUT2D eigenvalue weighted by atomic mass is 10.1. The van der Waals surface area contributed by atoms with Gasteiger partial charge in [0.2, 0.25) is 0 Å². The van der Waals surface area contributed by atoms with Gasteiger partial charge in [-0.2, -0.15) is 0 Å². The van der Waals surface area contributed by atoms with Crippen LogP contribution in [0.5, 0.6) is 0 Å². The Bertz CT molecular complexity index is 546. The summed E-state index contributed by atoms with van der Waals surface area (Å²) in [5, 5.41) is 0. The zero-order valence-electron chi connectivity index (χ0n) is 11.8. The van der Waals surface area contributed by atoms with Gasteiger partial charge < -0.3 is 0 Å². The highest BCUT2D eigenvalue weighted by molar-refractivity contribution is 5.77. The van der Waals surface area contributed by atoms with Gasteiger partial charge in [0.1, 0.15) is 6.33 Å². The molecule has 1 aromatic heterocycles. The van der Waals surface area contributed by atoms with Crippen molar-refractivity contribution >= 4 is 11.1 Å². The first kappa shape index (κ1) is 14.8. The standard InChI is InChI=1S/C17H20N2/c1-5-9-11-15(8-4)17-12-16(18-13-19-17)14(7-3)10-6-2/h5-13H,4H2,1-3H3/b9-5-,10-6-,14-7+,15-11+. The Morgan fingerprint density at radius 2 is 1.74 bits per heavy atom. The Morgan fingerprint density at radius 3 is 2.26 bits per heavy atom. The minimum atomic E-state index is 0.877. The van der Waals surface area contributed by atoms with Gasteiger partial charge in [-0.3, -0.25) is 0 Å². The highest BCUT2D eigenvalue weighted by atomic mass is 14.8. The molecule has 0 saturated heterocycles. The molecule has 0 aliphatic heterocycles. The molecule has 0 saturated carbocycles. The number of allylic oxidation sites excluding steroid dienone is 9. The van der Waals surface area contributed by atoms with E-state index in [1.807, 2.05) is 63.3 Å². The van der Waals surface area contributed by atoms with Crippen molar-refractivity contribution in [2.24, 2.45) is 0 Å². The van der Waals surface area contributed by atoms with Crippen LogP contribution in [0.15, 0.2) is 61.5 Å². The topological polar surface area (TPSA) is 25.8 Å².